The molecule has 0 spiro atoms. The number of ether oxygens (including phenoxy) is 2. The number of urea groups is 1. The number of methoxy groups -OCH3 is 2. The van der Waals surface area contributed by atoms with Gasteiger partial charge in [0.05, 0.1) is 25.8 Å². The number of rotatable bonds is 3. The number of nitrogens with one attached hydrogen (secondary N) is 2. The predicted octanol–water partition coefficient (Wildman–Crippen LogP) is 2.26. The van der Waals surface area contributed by atoms with Crippen LogP contribution >= 0.6 is 15.9 Å². The smallest absolute Gasteiger partial charge is 0.337 e. The summed E-state index contributed by atoms with van der Waals surface area (Å²) >= 11 is 3.43. The van der Waals surface area contributed by atoms with Crippen LogP contribution in [-0.2, 0) is 9.53 Å². The zero-order chi connectivity index (χ0) is 15.6. The molecule has 2 N–H and O–H groups in total. The molecule has 0 saturated heterocycles. The van der Waals surface area contributed by atoms with E-state index in [-0.39, 0.29) is 6.03 Å². The second-order valence-corrected chi connectivity index (χ2v) is 5.30. The Morgan fingerprint density at radius 2 is 2.05 bits per heavy atom. The summed E-state index contributed by atoms with van der Waals surface area (Å²) in [5, 5.41) is 5.30. The predicted molar refractivity (Wildman–Crippen MR) is 79.8 cm³/mol. The number of halogens is 1. The van der Waals surface area contributed by atoms with E-state index in [0.717, 1.165) is 4.47 Å². The van der Waals surface area contributed by atoms with Crippen molar-refractivity contribution in [2.75, 3.05) is 14.2 Å². The summed E-state index contributed by atoms with van der Waals surface area (Å²) in [4.78, 5) is 23.7. The molecule has 7 heteroatoms. The number of esters is 1. The Morgan fingerprint density at radius 3 is 2.67 bits per heavy atom. The lowest BCUT2D eigenvalue weighted by molar-refractivity contribution is -0.136. The van der Waals surface area contributed by atoms with Crippen molar-refractivity contribution in [2.45, 2.75) is 13.0 Å². The molecule has 1 aliphatic rings. The molecule has 1 aromatic rings. The van der Waals surface area contributed by atoms with Gasteiger partial charge in [-0.15, -0.1) is 0 Å². The first-order valence-electron chi connectivity index (χ1n) is 6.18. The van der Waals surface area contributed by atoms with Crippen LogP contribution < -0.4 is 15.4 Å². The van der Waals surface area contributed by atoms with E-state index in [1.807, 2.05) is 0 Å². The number of hydrogen-bond donors (Lipinski definition) is 2. The van der Waals surface area contributed by atoms with Crippen LogP contribution in [0, 0.1) is 0 Å². The van der Waals surface area contributed by atoms with E-state index >= 15 is 0 Å². The summed E-state index contributed by atoms with van der Waals surface area (Å²) in [6, 6.07) is 4.35. The molecule has 1 heterocycles. The SMILES string of the molecule is COC(=O)C1=C(C)NC(=O)N[C@@H]1c1cc(OC)ccc1Br. The van der Waals surface area contributed by atoms with Crippen molar-refractivity contribution in [2.24, 2.45) is 0 Å². The van der Waals surface area contributed by atoms with Crippen molar-refractivity contribution in [3.8, 4) is 5.75 Å². The molecule has 0 saturated carbocycles. The van der Waals surface area contributed by atoms with Crippen LogP contribution in [-0.4, -0.2) is 26.2 Å². The fourth-order valence-corrected chi connectivity index (χ4v) is 2.65. The van der Waals surface area contributed by atoms with Gasteiger partial charge in [0.25, 0.3) is 0 Å². The Bertz CT molecular complexity index is 627. The third-order valence-electron chi connectivity index (χ3n) is 3.19. The molecule has 1 atom stereocenters. The van der Waals surface area contributed by atoms with E-state index in [0.29, 0.717) is 22.6 Å². The standard InChI is InChI=1S/C14H15BrN2O4/c1-7-11(13(18)21-3)12(17-14(19)16-7)9-6-8(20-2)4-5-10(9)15/h4-6,12H,1-3H3,(H2,16,17,19)/t12-/m1/s1. The lowest BCUT2D eigenvalue weighted by Crippen LogP contribution is -2.45. The Morgan fingerprint density at radius 1 is 1.33 bits per heavy atom. The lowest BCUT2D eigenvalue weighted by atomic mass is 9.95. The molecule has 2 rings (SSSR count). The monoisotopic (exact) mass is 354 g/mol. The van der Waals surface area contributed by atoms with Gasteiger partial charge in [0.1, 0.15) is 5.75 Å². The third kappa shape index (κ3) is 3.02. The molecule has 6 nitrogen and oxygen atoms in total. The molecule has 112 valence electrons. The first-order valence-corrected chi connectivity index (χ1v) is 6.97. The zero-order valence-electron chi connectivity index (χ0n) is 11.8. The highest BCUT2D eigenvalue weighted by Gasteiger charge is 2.33. The second-order valence-electron chi connectivity index (χ2n) is 4.45. The second kappa shape index (κ2) is 6.17. The average Bonchev–Trinajstić information content (AvgIpc) is 2.46. The number of amides is 2. The first kappa shape index (κ1) is 15.4. The maximum Gasteiger partial charge on any atom is 0.337 e. The van der Waals surface area contributed by atoms with Crippen LogP contribution in [0.5, 0.6) is 5.75 Å². The van der Waals surface area contributed by atoms with Crippen molar-refractivity contribution in [1.29, 1.82) is 0 Å². The van der Waals surface area contributed by atoms with Gasteiger partial charge in [0.2, 0.25) is 0 Å². The van der Waals surface area contributed by atoms with Crippen molar-refractivity contribution in [3.63, 3.8) is 0 Å². The molecule has 2 amide bonds. The highest BCUT2D eigenvalue weighted by atomic mass is 79.9. The summed E-state index contributed by atoms with van der Waals surface area (Å²) in [5.74, 6) is 0.127. The molecule has 0 fully saturated rings. The maximum absolute atomic E-state index is 12.0. The van der Waals surface area contributed by atoms with E-state index in [1.54, 1.807) is 32.2 Å². The number of hydrogen-bond acceptors (Lipinski definition) is 4. The molecular weight excluding hydrogens is 340 g/mol. The van der Waals surface area contributed by atoms with Crippen LogP contribution in [0.1, 0.15) is 18.5 Å². The molecule has 0 aromatic heterocycles. The number of carbonyl (C=O) groups is 2. The molecule has 21 heavy (non-hydrogen) atoms. The minimum absolute atomic E-state index is 0.353. The van der Waals surface area contributed by atoms with Gasteiger partial charge in [-0.2, -0.15) is 0 Å². The van der Waals surface area contributed by atoms with Crippen molar-refractivity contribution in [1.82, 2.24) is 10.6 Å². The highest BCUT2D eigenvalue weighted by Crippen LogP contribution is 2.34. The van der Waals surface area contributed by atoms with Crippen LogP contribution in [0.4, 0.5) is 4.79 Å². The Labute approximate surface area is 130 Å². The van der Waals surface area contributed by atoms with Crippen molar-refractivity contribution < 1.29 is 19.1 Å². The molecule has 1 aromatic carbocycles. The molecule has 0 bridgehead atoms. The van der Waals surface area contributed by atoms with Gasteiger partial charge < -0.3 is 20.1 Å². The summed E-state index contributed by atoms with van der Waals surface area (Å²) in [7, 11) is 2.85. The summed E-state index contributed by atoms with van der Waals surface area (Å²) in [6.45, 7) is 1.66. The molecule has 0 unspecified atom stereocenters. The summed E-state index contributed by atoms with van der Waals surface area (Å²) in [5.41, 5.74) is 1.53. The number of allylic oxidation sites excluding steroid dienone is 1. The minimum Gasteiger partial charge on any atom is -0.497 e. The molecule has 0 aliphatic carbocycles. The number of carbonyl (C=O) groups excluding carboxylic acids is 2. The molecule has 1 aliphatic heterocycles. The van der Waals surface area contributed by atoms with E-state index in [2.05, 4.69) is 26.6 Å². The maximum atomic E-state index is 12.0. The van der Waals surface area contributed by atoms with E-state index in [9.17, 15) is 9.59 Å². The highest BCUT2D eigenvalue weighted by molar-refractivity contribution is 9.10. The summed E-state index contributed by atoms with van der Waals surface area (Å²) in [6.07, 6.45) is 0. The van der Waals surface area contributed by atoms with Gasteiger partial charge in [0, 0.05) is 10.2 Å². The van der Waals surface area contributed by atoms with Crippen LogP contribution in [0.15, 0.2) is 33.9 Å². The normalized spacial score (nSPS) is 17.9. The van der Waals surface area contributed by atoms with E-state index < -0.39 is 12.0 Å². The van der Waals surface area contributed by atoms with Crippen LogP contribution in [0.3, 0.4) is 0 Å². The molecule has 0 radical (unpaired) electrons. The van der Waals surface area contributed by atoms with Gasteiger partial charge in [-0.3, -0.25) is 0 Å². The first-order chi connectivity index (χ1) is 9.97. The Hall–Kier alpha value is -2.02. The third-order valence-corrected chi connectivity index (χ3v) is 3.91. The minimum atomic E-state index is -0.615. The van der Waals surface area contributed by atoms with Gasteiger partial charge >= 0.3 is 12.0 Å². The topological polar surface area (TPSA) is 76.7 Å². The van der Waals surface area contributed by atoms with E-state index in [4.69, 9.17) is 9.47 Å². The fraction of sp³-hybridized carbons (Fsp3) is 0.286. The number of benzene rings is 1. The summed E-state index contributed by atoms with van der Waals surface area (Å²) < 4.78 is 10.8. The Kier molecular flexibility index (Phi) is 4.52. The van der Waals surface area contributed by atoms with Gasteiger partial charge in [-0.1, -0.05) is 15.9 Å². The fourth-order valence-electron chi connectivity index (χ4n) is 2.18. The van der Waals surface area contributed by atoms with Crippen LogP contribution in [0.25, 0.3) is 0 Å². The molecular formula is C14H15BrN2O4. The largest absolute Gasteiger partial charge is 0.497 e. The quantitative estimate of drug-likeness (QED) is 0.816. The lowest BCUT2D eigenvalue weighted by Gasteiger charge is -2.28. The Balaban J connectivity index is 2.56. The van der Waals surface area contributed by atoms with Crippen molar-refractivity contribution >= 4 is 27.9 Å². The average molecular weight is 355 g/mol. The van der Waals surface area contributed by atoms with Crippen LogP contribution in [0.2, 0.25) is 0 Å². The van der Waals surface area contributed by atoms with Crippen molar-refractivity contribution in [3.05, 3.63) is 39.5 Å². The van der Waals surface area contributed by atoms with Gasteiger partial charge in [0.15, 0.2) is 0 Å². The van der Waals surface area contributed by atoms with Gasteiger partial charge in [-0.25, -0.2) is 9.59 Å². The van der Waals surface area contributed by atoms with Gasteiger partial charge in [-0.05, 0) is 30.7 Å². The van der Waals surface area contributed by atoms with E-state index in [1.165, 1.54) is 7.11 Å². The zero-order valence-corrected chi connectivity index (χ0v) is 13.4.